The minimum Gasteiger partial charge on any atom is -0.307 e. The van der Waals surface area contributed by atoms with Crippen LogP contribution < -0.4 is 9.88 Å². The summed E-state index contributed by atoms with van der Waals surface area (Å²) in [6.07, 6.45) is 4.38. The topological polar surface area (TPSA) is 25.8 Å². The Bertz CT molecular complexity index is 487. The fourth-order valence-corrected chi connectivity index (χ4v) is 1.97. The highest BCUT2D eigenvalue weighted by Gasteiger charge is 2.26. The molecular formula is C12H13N2+. The Kier molecular flexibility index (Phi) is 1.58. The summed E-state index contributed by atoms with van der Waals surface area (Å²) in [6.45, 7) is 1.12. The maximum absolute atomic E-state index is 3.36. The number of fused-ring (bicyclic) bond motifs is 1. The summed E-state index contributed by atoms with van der Waals surface area (Å²) in [4.78, 5) is 0. The zero-order valence-electron chi connectivity index (χ0n) is 8.20. The minimum atomic E-state index is 0.576. The highest BCUT2D eigenvalue weighted by molar-refractivity contribution is 5.84. The Morgan fingerprint density at radius 3 is 2.86 bits per heavy atom. The van der Waals surface area contributed by atoms with Gasteiger partial charge < -0.3 is 5.32 Å². The smallest absolute Gasteiger partial charge is 0.176 e. The van der Waals surface area contributed by atoms with Gasteiger partial charge >= 0.3 is 0 Å². The zero-order chi connectivity index (χ0) is 9.54. The fraction of sp³-hybridized carbons (Fsp3) is 0.250. The predicted octanol–water partition coefficient (Wildman–Crippen LogP) is 1.31. The van der Waals surface area contributed by atoms with E-state index in [4.69, 9.17) is 0 Å². The molecule has 0 amide bonds. The van der Waals surface area contributed by atoms with E-state index in [0.717, 1.165) is 6.54 Å². The number of nitrogens with one attached hydrogen (secondary N) is 1. The molecule has 2 aromatic rings. The number of nitrogens with zero attached hydrogens (tertiary/aromatic N) is 1. The van der Waals surface area contributed by atoms with Crippen LogP contribution in [0.1, 0.15) is 11.6 Å². The van der Waals surface area contributed by atoms with Gasteiger partial charge in [0.25, 0.3) is 0 Å². The van der Waals surface area contributed by atoms with E-state index in [2.05, 4.69) is 53.6 Å². The van der Waals surface area contributed by atoms with Crippen LogP contribution in [0.4, 0.5) is 0 Å². The van der Waals surface area contributed by atoms with Gasteiger partial charge in [-0.15, -0.1) is 0 Å². The van der Waals surface area contributed by atoms with Crippen molar-refractivity contribution in [2.75, 3.05) is 6.54 Å². The first kappa shape index (κ1) is 7.94. The third kappa shape index (κ3) is 1.19. The lowest BCUT2D eigenvalue weighted by atomic mass is 10.1. The van der Waals surface area contributed by atoms with Gasteiger partial charge in [-0.1, -0.05) is 18.2 Å². The van der Waals surface area contributed by atoms with Gasteiger partial charge in [-0.25, -0.2) is 4.57 Å². The number of benzene rings is 1. The van der Waals surface area contributed by atoms with Crippen LogP contribution in [-0.4, -0.2) is 6.54 Å². The number of rotatable bonds is 1. The molecule has 2 heteroatoms. The summed E-state index contributed by atoms with van der Waals surface area (Å²) >= 11 is 0. The predicted molar refractivity (Wildman–Crippen MR) is 55.9 cm³/mol. The quantitative estimate of drug-likeness (QED) is 0.526. The van der Waals surface area contributed by atoms with Crippen LogP contribution in [-0.2, 0) is 7.05 Å². The molecule has 0 spiro atoms. The second-order valence-corrected chi connectivity index (χ2v) is 3.93. The van der Waals surface area contributed by atoms with Crippen molar-refractivity contribution >= 4 is 10.8 Å². The lowest BCUT2D eigenvalue weighted by molar-refractivity contribution is -0.670. The van der Waals surface area contributed by atoms with Crippen LogP contribution in [0.15, 0.2) is 36.7 Å². The van der Waals surface area contributed by atoms with Gasteiger partial charge in [-0.2, -0.15) is 0 Å². The molecule has 1 unspecified atom stereocenters. The van der Waals surface area contributed by atoms with Crippen molar-refractivity contribution in [3.05, 3.63) is 42.2 Å². The van der Waals surface area contributed by atoms with E-state index in [1.165, 1.54) is 16.3 Å². The molecule has 1 aromatic heterocycles. The molecule has 0 saturated carbocycles. The molecule has 3 rings (SSSR count). The number of hydrogen-bond acceptors (Lipinski definition) is 1. The summed E-state index contributed by atoms with van der Waals surface area (Å²) in [5, 5.41) is 6.05. The molecule has 0 radical (unpaired) electrons. The van der Waals surface area contributed by atoms with Crippen molar-refractivity contribution in [1.82, 2.24) is 5.32 Å². The van der Waals surface area contributed by atoms with E-state index in [-0.39, 0.29) is 0 Å². The third-order valence-electron chi connectivity index (χ3n) is 2.74. The first-order valence-electron chi connectivity index (χ1n) is 4.96. The highest BCUT2D eigenvalue weighted by atomic mass is 15.1. The van der Waals surface area contributed by atoms with Gasteiger partial charge in [0.05, 0.1) is 6.04 Å². The standard InChI is InChI=1S/C12H13N2/c1-14-7-9-4-2-3-5-10(9)11(8-14)12-6-13-12/h2-5,7-8,12-13H,6H2,1H3/q+1. The van der Waals surface area contributed by atoms with Crippen LogP contribution in [0.25, 0.3) is 10.8 Å². The van der Waals surface area contributed by atoms with E-state index in [1.807, 2.05) is 0 Å². The Labute approximate surface area is 83.2 Å². The van der Waals surface area contributed by atoms with E-state index in [0.29, 0.717) is 6.04 Å². The summed E-state index contributed by atoms with van der Waals surface area (Å²) in [5.74, 6) is 0. The Morgan fingerprint density at radius 2 is 2.07 bits per heavy atom. The summed E-state index contributed by atoms with van der Waals surface area (Å²) < 4.78 is 2.14. The number of hydrogen-bond donors (Lipinski definition) is 1. The van der Waals surface area contributed by atoms with Crippen LogP contribution in [0, 0.1) is 0 Å². The molecule has 1 atom stereocenters. The lowest BCUT2D eigenvalue weighted by Gasteiger charge is -2.01. The molecule has 0 aliphatic carbocycles. The van der Waals surface area contributed by atoms with E-state index in [9.17, 15) is 0 Å². The second kappa shape index (κ2) is 2.79. The molecule has 70 valence electrons. The molecular weight excluding hydrogens is 172 g/mol. The molecule has 1 N–H and O–H groups in total. The fourth-order valence-electron chi connectivity index (χ4n) is 1.97. The molecule has 2 nitrogen and oxygen atoms in total. The van der Waals surface area contributed by atoms with Crippen molar-refractivity contribution < 1.29 is 4.57 Å². The number of pyridine rings is 1. The Morgan fingerprint density at radius 1 is 1.29 bits per heavy atom. The average molecular weight is 185 g/mol. The van der Waals surface area contributed by atoms with Crippen molar-refractivity contribution in [1.29, 1.82) is 0 Å². The molecule has 2 heterocycles. The Hall–Kier alpha value is -1.41. The molecule has 1 aliphatic rings. The van der Waals surface area contributed by atoms with E-state index >= 15 is 0 Å². The first-order chi connectivity index (χ1) is 6.84. The highest BCUT2D eigenvalue weighted by Crippen LogP contribution is 2.27. The van der Waals surface area contributed by atoms with Gasteiger partial charge in [0.1, 0.15) is 7.05 Å². The second-order valence-electron chi connectivity index (χ2n) is 3.93. The van der Waals surface area contributed by atoms with Crippen LogP contribution in [0.5, 0.6) is 0 Å². The maximum atomic E-state index is 3.36. The first-order valence-corrected chi connectivity index (χ1v) is 4.96. The van der Waals surface area contributed by atoms with Crippen molar-refractivity contribution in [3.8, 4) is 0 Å². The molecule has 1 fully saturated rings. The largest absolute Gasteiger partial charge is 0.307 e. The van der Waals surface area contributed by atoms with Crippen molar-refractivity contribution in [3.63, 3.8) is 0 Å². The van der Waals surface area contributed by atoms with Crippen molar-refractivity contribution in [2.45, 2.75) is 6.04 Å². The lowest BCUT2D eigenvalue weighted by Crippen LogP contribution is -2.27. The zero-order valence-corrected chi connectivity index (χ0v) is 8.20. The van der Waals surface area contributed by atoms with Gasteiger partial charge in [-0.05, 0) is 11.5 Å². The van der Waals surface area contributed by atoms with Gasteiger partial charge in [0.2, 0.25) is 0 Å². The molecule has 1 saturated heterocycles. The van der Waals surface area contributed by atoms with Crippen LogP contribution >= 0.6 is 0 Å². The van der Waals surface area contributed by atoms with Gasteiger partial charge in [-0.3, -0.25) is 0 Å². The summed E-state index contributed by atoms with van der Waals surface area (Å²) in [5.41, 5.74) is 1.42. The molecule has 0 bridgehead atoms. The monoisotopic (exact) mass is 185 g/mol. The summed E-state index contributed by atoms with van der Waals surface area (Å²) in [7, 11) is 2.08. The molecule has 1 aliphatic heterocycles. The summed E-state index contributed by atoms with van der Waals surface area (Å²) in [6, 6.07) is 9.14. The third-order valence-corrected chi connectivity index (χ3v) is 2.74. The van der Waals surface area contributed by atoms with Gasteiger partial charge in [0, 0.05) is 17.5 Å². The normalized spacial score (nSPS) is 19.9. The average Bonchev–Trinajstić information content (AvgIpc) is 2.99. The molecule has 14 heavy (non-hydrogen) atoms. The SMILES string of the molecule is C[n+]1cc(C2CN2)c2ccccc2c1. The van der Waals surface area contributed by atoms with Crippen LogP contribution in [0.3, 0.4) is 0 Å². The number of aryl methyl sites for hydroxylation is 1. The van der Waals surface area contributed by atoms with E-state index < -0.39 is 0 Å². The Balaban J connectivity index is 2.34. The number of aromatic nitrogens is 1. The van der Waals surface area contributed by atoms with E-state index in [1.54, 1.807) is 0 Å². The maximum Gasteiger partial charge on any atom is 0.176 e. The van der Waals surface area contributed by atoms with Crippen molar-refractivity contribution in [2.24, 2.45) is 7.05 Å². The van der Waals surface area contributed by atoms with Crippen LogP contribution in [0.2, 0.25) is 0 Å². The van der Waals surface area contributed by atoms with Gasteiger partial charge in [0.15, 0.2) is 12.4 Å². The minimum absolute atomic E-state index is 0.576. The molecule has 1 aromatic carbocycles.